The van der Waals surface area contributed by atoms with Crippen molar-refractivity contribution in [2.75, 3.05) is 0 Å². The molecule has 41 heavy (non-hydrogen) atoms. The molecule has 0 fully saturated rings. The molecule has 196 valence electrons. The highest BCUT2D eigenvalue weighted by atomic mass is 16.3. The van der Waals surface area contributed by atoms with Crippen LogP contribution in [0.4, 0.5) is 0 Å². The van der Waals surface area contributed by atoms with Crippen molar-refractivity contribution in [2.45, 2.75) is 6.92 Å². The molecule has 0 spiro atoms. The molecule has 7 aromatic rings. The third kappa shape index (κ3) is 4.04. The molecule has 0 radical (unpaired) electrons. The zero-order chi connectivity index (χ0) is 27.9. The van der Waals surface area contributed by atoms with Gasteiger partial charge in [0.05, 0.1) is 5.39 Å². The lowest BCUT2D eigenvalue weighted by molar-refractivity contribution is 0.600. The monoisotopic (exact) mass is 528 g/mol. The van der Waals surface area contributed by atoms with Crippen molar-refractivity contribution >= 4 is 67.5 Å². The number of hydrogen-bond acceptors (Lipinski definition) is 2. The van der Waals surface area contributed by atoms with Crippen LogP contribution in [0.15, 0.2) is 137 Å². The lowest BCUT2D eigenvalue weighted by Crippen LogP contribution is -2.26. The Hall–Kier alpha value is -5.34. The third-order valence-corrected chi connectivity index (χ3v) is 7.73. The lowest BCUT2D eigenvalue weighted by Gasteiger charge is -2.14. The molecule has 0 aliphatic carbocycles. The molecular formula is C39H28O2. The van der Waals surface area contributed by atoms with Crippen molar-refractivity contribution < 1.29 is 8.83 Å². The first kappa shape index (κ1) is 24.7. The van der Waals surface area contributed by atoms with Crippen LogP contribution >= 0.6 is 0 Å². The fourth-order valence-electron chi connectivity index (χ4n) is 5.81. The van der Waals surface area contributed by atoms with E-state index in [2.05, 4.69) is 98.1 Å². The zero-order valence-corrected chi connectivity index (χ0v) is 22.9. The maximum absolute atomic E-state index is 6.73. The van der Waals surface area contributed by atoms with Gasteiger partial charge in [0.25, 0.3) is 0 Å². The first-order valence-corrected chi connectivity index (χ1v) is 13.8. The first-order chi connectivity index (χ1) is 20.2. The molecule has 0 atom stereocenters. The van der Waals surface area contributed by atoms with E-state index in [4.69, 9.17) is 8.83 Å². The van der Waals surface area contributed by atoms with Gasteiger partial charge in [-0.3, -0.25) is 0 Å². The minimum Gasteiger partial charge on any atom is -0.455 e. The van der Waals surface area contributed by atoms with Crippen LogP contribution in [-0.2, 0) is 0 Å². The van der Waals surface area contributed by atoms with Crippen molar-refractivity contribution in [3.63, 3.8) is 0 Å². The minimum atomic E-state index is 0.743. The minimum absolute atomic E-state index is 0.743. The quantitative estimate of drug-likeness (QED) is 0.208. The molecule has 0 unspecified atom stereocenters. The Kier molecular flexibility index (Phi) is 6.02. The van der Waals surface area contributed by atoms with Gasteiger partial charge in [-0.1, -0.05) is 116 Å². The number of benzene rings is 5. The van der Waals surface area contributed by atoms with Crippen molar-refractivity contribution in [3.05, 3.63) is 155 Å². The van der Waals surface area contributed by atoms with Crippen LogP contribution in [0, 0.1) is 0 Å². The largest absolute Gasteiger partial charge is 0.455 e. The van der Waals surface area contributed by atoms with E-state index < -0.39 is 0 Å². The Bertz CT molecular complexity index is 2300. The highest BCUT2D eigenvalue weighted by Crippen LogP contribution is 2.42. The Morgan fingerprint density at radius 2 is 1.51 bits per heavy atom. The Morgan fingerprint density at radius 1 is 0.732 bits per heavy atom. The summed E-state index contributed by atoms with van der Waals surface area (Å²) in [7, 11) is 0. The van der Waals surface area contributed by atoms with Gasteiger partial charge in [-0.05, 0) is 58.0 Å². The van der Waals surface area contributed by atoms with E-state index in [9.17, 15) is 0 Å². The molecule has 5 aromatic carbocycles. The molecule has 2 aromatic heterocycles. The average molecular weight is 529 g/mol. The normalized spacial score (nSPS) is 13.1. The molecule has 0 aliphatic heterocycles. The maximum atomic E-state index is 6.73. The smallest absolute Gasteiger partial charge is 0.147 e. The van der Waals surface area contributed by atoms with E-state index in [0.717, 1.165) is 71.4 Å². The molecule has 7 rings (SSSR count). The van der Waals surface area contributed by atoms with Crippen molar-refractivity contribution in [3.8, 4) is 0 Å². The number of para-hydroxylation sites is 1. The molecule has 2 nitrogen and oxygen atoms in total. The van der Waals surface area contributed by atoms with Crippen LogP contribution in [0.2, 0.25) is 0 Å². The van der Waals surface area contributed by atoms with Gasteiger partial charge in [0.2, 0.25) is 0 Å². The average Bonchev–Trinajstić information content (AvgIpc) is 3.58. The molecule has 0 saturated carbocycles. The van der Waals surface area contributed by atoms with Crippen LogP contribution < -0.4 is 10.4 Å². The van der Waals surface area contributed by atoms with Crippen molar-refractivity contribution in [1.82, 2.24) is 0 Å². The predicted molar refractivity (Wildman–Crippen MR) is 174 cm³/mol. The van der Waals surface area contributed by atoms with E-state index in [1.807, 2.05) is 49.4 Å². The van der Waals surface area contributed by atoms with Crippen LogP contribution in [0.1, 0.15) is 23.8 Å². The van der Waals surface area contributed by atoms with E-state index in [1.54, 1.807) is 0 Å². The molecule has 0 amide bonds. The van der Waals surface area contributed by atoms with Gasteiger partial charge in [0, 0.05) is 27.5 Å². The summed E-state index contributed by atoms with van der Waals surface area (Å²) in [6, 6.07) is 35.5. The molecule has 0 saturated heterocycles. The summed E-state index contributed by atoms with van der Waals surface area (Å²) in [5, 5.41) is 7.43. The van der Waals surface area contributed by atoms with E-state index in [1.165, 1.54) is 10.8 Å². The molecule has 0 N–H and O–H groups in total. The first-order valence-electron chi connectivity index (χ1n) is 13.8. The molecule has 2 heteroatoms. The van der Waals surface area contributed by atoms with E-state index in [0.29, 0.717) is 0 Å². The van der Waals surface area contributed by atoms with Crippen LogP contribution in [0.5, 0.6) is 0 Å². The van der Waals surface area contributed by atoms with Crippen LogP contribution in [0.25, 0.3) is 67.5 Å². The summed E-state index contributed by atoms with van der Waals surface area (Å²) >= 11 is 0. The number of fused-ring (bicyclic) bond motifs is 6. The predicted octanol–water partition coefficient (Wildman–Crippen LogP) is 9.40. The summed E-state index contributed by atoms with van der Waals surface area (Å²) in [6.45, 7) is 10.7. The second kappa shape index (κ2) is 10.0. The second-order valence-electron chi connectivity index (χ2n) is 10.2. The van der Waals surface area contributed by atoms with Crippen molar-refractivity contribution in [2.24, 2.45) is 0 Å². The van der Waals surface area contributed by atoms with E-state index in [-0.39, 0.29) is 0 Å². The fraction of sp³-hybridized carbons (Fsp3) is 0.0256. The standard InChI is InChI=1S/C39H28O2/c1-4-6-16-33(36(30-17-10-7-13-25(30)3)28-21-20-26-14-8-9-15-27(26)24-28)38-29(5-2)37-35(41-38)23-22-32-31-18-11-12-19-34(31)40-39(32)37/h4-24H,2-3H2,1H3/b6-4-,33-16-,36-30-. The third-order valence-electron chi connectivity index (χ3n) is 7.73. The summed E-state index contributed by atoms with van der Waals surface area (Å²) in [5.74, 6) is 0.743. The molecule has 0 bridgehead atoms. The highest BCUT2D eigenvalue weighted by Gasteiger charge is 2.23. The maximum Gasteiger partial charge on any atom is 0.147 e. The summed E-state index contributed by atoms with van der Waals surface area (Å²) in [6.07, 6.45) is 8.09. The van der Waals surface area contributed by atoms with Gasteiger partial charge in [0.15, 0.2) is 0 Å². The molecule has 0 aliphatic rings. The van der Waals surface area contributed by atoms with Gasteiger partial charge in [-0.15, -0.1) is 0 Å². The van der Waals surface area contributed by atoms with Crippen LogP contribution in [-0.4, -0.2) is 0 Å². The number of allylic oxidation sites excluding steroid dienone is 4. The van der Waals surface area contributed by atoms with E-state index >= 15 is 0 Å². The summed E-state index contributed by atoms with van der Waals surface area (Å²) in [5.41, 5.74) is 6.40. The Morgan fingerprint density at radius 3 is 2.34 bits per heavy atom. The van der Waals surface area contributed by atoms with Crippen molar-refractivity contribution in [1.29, 1.82) is 0 Å². The van der Waals surface area contributed by atoms with Gasteiger partial charge in [-0.25, -0.2) is 0 Å². The zero-order valence-electron chi connectivity index (χ0n) is 22.9. The molecule has 2 heterocycles. The van der Waals surface area contributed by atoms with Crippen LogP contribution in [0.3, 0.4) is 0 Å². The van der Waals surface area contributed by atoms with Gasteiger partial charge >= 0.3 is 0 Å². The van der Waals surface area contributed by atoms with Gasteiger partial charge < -0.3 is 8.83 Å². The van der Waals surface area contributed by atoms with Gasteiger partial charge in [0.1, 0.15) is 22.5 Å². The molecular weight excluding hydrogens is 500 g/mol. The van der Waals surface area contributed by atoms with Gasteiger partial charge in [-0.2, -0.15) is 0 Å². The second-order valence-corrected chi connectivity index (χ2v) is 10.2. The number of furan rings is 2. The Labute approximate surface area is 238 Å². The number of rotatable bonds is 5. The SMILES string of the molecule is C=Cc1c(C(=C\C=C/C)/C(c2ccc3ccccc3c2)=c2/ccccc2=C)oc2ccc3c4ccccc4oc3c12. The topological polar surface area (TPSA) is 26.3 Å². The Balaban J connectivity index is 1.60. The highest BCUT2D eigenvalue weighted by molar-refractivity contribution is 6.18. The fourth-order valence-corrected chi connectivity index (χ4v) is 5.81. The summed E-state index contributed by atoms with van der Waals surface area (Å²) in [4.78, 5) is 0. The lowest BCUT2D eigenvalue weighted by atomic mass is 9.89. The number of hydrogen-bond donors (Lipinski definition) is 0. The summed E-state index contributed by atoms with van der Waals surface area (Å²) < 4.78 is 13.2.